The lowest BCUT2D eigenvalue weighted by Gasteiger charge is -2.45. The summed E-state index contributed by atoms with van der Waals surface area (Å²) in [5, 5.41) is 2.48. The Morgan fingerprint density at radius 3 is 1.90 bits per heavy atom. The lowest BCUT2D eigenvalue weighted by atomic mass is 9.97. The van der Waals surface area contributed by atoms with Crippen LogP contribution in [-0.2, 0) is 4.43 Å². The average molecular weight is 403 g/mol. The summed E-state index contributed by atoms with van der Waals surface area (Å²) in [4.78, 5) is 0. The molecule has 29 heavy (non-hydrogen) atoms. The second-order valence-electron chi connectivity index (χ2n) is 8.52. The Morgan fingerprint density at radius 1 is 1.00 bits per heavy atom. The molecule has 0 heterocycles. The fourth-order valence-corrected chi connectivity index (χ4v) is 8.64. The van der Waals surface area contributed by atoms with Gasteiger partial charge in [-0.05, 0) is 34.7 Å². The van der Waals surface area contributed by atoms with E-state index in [-0.39, 0.29) is 17.1 Å². The van der Waals surface area contributed by atoms with E-state index < -0.39 is 8.32 Å². The van der Waals surface area contributed by atoms with Gasteiger partial charge in [0.2, 0.25) is 0 Å². The van der Waals surface area contributed by atoms with Crippen LogP contribution in [0.25, 0.3) is 0 Å². The molecule has 0 amide bonds. The predicted octanol–water partition coefficient (Wildman–Crippen LogP) is 5.72. The molecule has 0 N–H and O–H groups in total. The lowest BCUT2D eigenvalue weighted by Crippen LogP contribution is -2.67. The number of allylic oxidation sites excluding steroid dienone is 1. The molecule has 0 unspecified atom stereocenters. The monoisotopic (exact) mass is 402 g/mol. The quantitative estimate of drug-likeness (QED) is 0.280. The summed E-state index contributed by atoms with van der Waals surface area (Å²) in [7, 11) is -2.60. The predicted molar refractivity (Wildman–Crippen MR) is 129 cm³/mol. The Bertz CT molecular complexity index is 772. The van der Waals surface area contributed by atoms with Gasteiger partial charge in [0.05, 0.1) is 6.10 Å². The van der Waals surface area contributed by atoms with Crippen molar-refractivity contribution in [3.05, 3.63) is 86.0 Å². The van der Waals surface area contributed by atoms with Crippen LogP contribution in [0.15, 0.2) is 86.0 Å². The molecule has 2 aromatic carbocycles. The normalized spacial score (nSPS) is 13.9. The summed E-state index contributed by atoms with van der Waals surface area (Å²) in [5.74, 6) is 3.09. The van der Waals surface area contributed by atoms with Gasteiger partial charge in [0.1, 0.15) is 0 Å². The third-order valence-electron chi connectivity index (χ3n) is 5.48. The Kier molecular flexibility index (Phi) is 8.26. The molecule has 2 heteroatoms. The van der Waals surface area contributed by atoms with Crippen molar-refractivity contribution in [2.45, 2.75) is 51.2 Å². The Morgan fingerprint density at radius 2 is 1.52 bits per heavy atom. The minimum atomic E-state index is -2.60. The van der Waals surface area contributed by atoms with Crippen molar-refractivity contribution in [1.29, 1.82) is 0 Å². The molecular formula is C27H34OSi. The maximum atomic E-state index is 7.14. The van der Waals surface area contributed by atoms with Gasteiger partial charge in [-0.2, -0.15) is 0 Å². The zero-order chi connectivity index (χ0) is 21.3. The number of benzene rings is 2. The van der Waals surface area contributed by atoms with E-state index in [4.69, 9.17) is 10.8 Å². The molecule has 0 aliphatic heterocycles. The minimum Gasteiger partial charge on any atom is -0.401 e. The van der Waals surface area contributed by atoms with E-state index in [1.807, 2.05) is 12.2 Å². The summed E-state index contributed by atoms with van der Waals surface area (Å²) in [5.41, 5.74) is 0. The van der Waals surface area contributed by atoms with E-state index in [1.165, 1.54) is 10.4 Å². The summed E-state index contributed by atoms with van der Waals surface area (Å²) in [6.07, 6.45) is 12.2. The lowest BCUT2D eigenvalue weighted by molar-refractivity contribution is 0.207. The molecule has 0 saturated carbocycles. The molecule has 0 aliphatic carbocycles. The summed E-state index contributed by atoms with van der Waals surface area (Å²) < 4.78 is 7.14. The van der Waals surface area contributed by atoms with Crippen LogP contribution >= 0.6 is 0 Å². The molecule has 2 atom stereocenters. The third kappa shape index (κ3) is 5.38. The van der Waals surface area contributed by atoms with Gasteiger partial charge in [0.15, 0.2) is 0 Å². The highest BCUT2D eigenvalue weighted by Gasteiger charge is 2.51. The van der Waals surface area contributed by atoms with Gasteiger partial charge in [-0.25, -0.2) is 0 Å². The van der Waals surface area contributed by atoms with Crippen molar-refractivity contribution >= 4 is 18.7 Å². The molecule has 2 rings (SSSR count). The molecule has 2 aromatic rings. The van der Waals surface area contributed by atoms with Crippen LogP contribution in [0.4, 0.5) is 0 Å². The zero-order valence-electron chi connectivity index (χ0n) is 18.1. The molecule has 0 radical (unpaired) electrons. The smallest absolute Gasteiger partial charge is 0.261 e. The van der Waals surface area contributed by atoms with Crippen LogP contribution in [0.3, 0.4) is 0 Å². The van der Waals surface area contributed by atoms with E-state index in [0.29, 0.717) is 0 Å². The highest BCUT2D eigenvalue weighted by molar-refractivity contribution is 6.99. The number of terminal acetylenes is 1. The molecule has 0 aliphatic rings. The van der Waals surface area contributed by atoms with Crippen molar-refractivity contribution in [3.8, 4) is 12.3 Å². The molecule has 0 spiro atoms. The molecule has 0 saturated heterocycles. The third-order valence-corrected chi connectivity index (χ3v) is 10.5. The van der Waals surface area contributed by atoms with Gasteiger partial charge in [-0.1, -0.05) is 93.6 Å². The van der Waals surface area contributed by atoms with Gasteiger partial charge in [0.25, 0.3) is 8.32 Å². The second kappa shape index (κ2) is 10.4. The summed E-state index contributed by atoms with van der Waals surface area (Å²) in [6.45, 7) is 14.8. The van der Waals surface area contributed by atoms with Crippen LogP contribution in [0.1, 0.15) is 40.0 Å². The van der Waals surface area contributed by atoms with E-state index in [1.54, 1.807) is 0 Å². The van der Waals surface area contributed by atoms with Crippen LogP contribution in [0.5, 0.6) is 0 Å². The first-order valence-corrected chi connectivity index (χ1v) is 12.3. The minimum absolute atomic E-state index is 0.0658. The fraction of sp³-hybridized carbons (Fsp3) is 0.333. The number of rotatable bonds is 10. The first-order valence-electron chi connectivity index (χ1n) is 10.4. The second-order valence-corrected chi connectivity index (χ2v) is 12.8. The topological polar surface area (TPSA) is 9.23 Å². The maximum Gasteiger partial charge on any atom is 0.261 e. The maximum absolute atomic E-state index is 7.14. The molecule has 152 valence electrons. The van der Waals surface area contributed by atoms with Crippen molar-refractivity contribution < 1.29 is 4.43 Å². The van der Waals surface area contributed by atoms with E-state index in [0.717, 1.165) is 19.3 Å². The Labute approximate surface area is 178 Å². The molecule has 0 fully saturated rings. The number of hydrogen-bond donors (Lipinski definition) is 0. The van der Waals surface area contributed by atoms with Crippen molar-refractivity contribution in [2.75, 3.05) is 0 Å². The van der Waals surface area contributed by atoms with E-state index in [9.17, 15) is 0 Å². The van der Waals surface area contributed by atoms with E-state index in [2.05, 4.69) is 101 Å². The van der Waals surface area contributed by atoms with Gasteiger partial charge >= 0.3 is 0 Å². The first kappa shape index (κ1) is 22.9. The molecule has 0 aromatic heterocycles. The molecule has 0 bridgehead atoms. The van der Waals surface area contributed by atoms with Crippen LogP contribution < -0.4 is 10.4 Å². The zero-order valence-corrected chi connectivity index (χ0v) is 19.1. The Hall–Kier alpha value is -2.34. The summed E-state index contributed by atoms with van der Waals surface area (Å²) in [6, 6.07) is 21.4. The summed E-state index contributed by atoms with van der Waals surface area (Å²) >= 11 is 0. The highest BCUT2D eigenvalue weighted by atomic mass is 28.4. The van der Waals surface area contributed by atoms with E-state index >= 15 is 0 Å². The van der Waals surface area contributed by atoms with Gasteiger partial charge in [-0.3, -0.25) is 0 Å². The first-order chi connectivity index (χ1) is 13.9. The van der Waals surface area contributed by atoms with Crippen LogP contribution in [0.2, 0.25) is 5.04 Å². The van der Waals surface area contributed by atoms with Crippen molar-refractivity contribution in [2.24, 2.45) is 5.92 Å². The standard InChI is InChI=1S/C27H34OSi/c1-7-10-17-23(8-2)22-24(9-3)28-29(27(4,5)6,25-18-13-11-14-19-25)26-20-15-12-16-21-26/h2,7,9,11-16,18-21,23-24H,1,3,10,17,22H2,4-6H3/t23-,24+/m1/s1. The number of hydrogen-bond acceptors (Lipinski definition) is 1. The van der Waals surface area contributed by atoms with Crippen LogP contribution in [-0.4, -0.2) is 14.4 Å². The molecular weight excluding hydrogens is 368 g/mol. The highest BCUT2D eigenvalue weighted by Crippen LogP contribution is 2.38. The van der Waals surface area contributed by atoms with Gasteiger partial charge < -0.3 is 4.43 Å². The Balaban J connectivity index is 2.53. The SMILES string of the molecule is C#C[C@H](CCC=C)C[C@H](C=C)O[Si](c1ccccc1)(c1ccccc1)C(C)(C)C. The fourth-order valence-electron chi connectivity index (χ4n) is 3.98. The van der Waals surface area contributed by atoms with Gasteiger partial charge in [-0.15, -0.1) is 25.5 Å². The van der Waals surface area contributed by atoms with Crippen molar-refractivity contribution in [1.82, 2.24) is 0 Å². The van der Waals surface area contributed by atoms with Crippen molar-refractivity contribution in [3.63, 3.8) is 0 Å². The van der Waals surface area contributed by atoms with Crippen LogP contribution in [0, 0.1) is 18.3 Å². The largest absolute Gasteiger partial charge is 0.401 e. The average Bonchev–Trinajstić information content (AvgIpc) is 2.74. The van der Waals surface area contributed by atoms with Gasteiger partial charge in [0, 0.05) is 5.92 Å². The molecule has 1 nitrogen and oxygen atoms in total.